The molecule has 1 heterocycles. The number of ether oxygens (including phenoxy) is 1. The number of hydrogen-bond acceptors (Lipinski definition) is 4. The molecule has 4 nitrogen and oxygen atoms in total. The van der Waals surface area contributed by atoms with Gasteiger partial charge in [0.05, 0.1) is 13.2 Å². The van der Waals surface area contributed by atoms with Crippen LogP contribution in [0.15, 0.2) is 42.5 Å². The van der Waals surface area contributed by atoms with Gasteiger partial charge in [-0.1, -0.05) is 30.3 Å². The molecule has 1 unspecified atom stereocenters. The van der Waals surface area contributed by atoms with Crippen molar-refractivity contribution in [2.75, 3.05) is 6.61 Å². The monoisotopic (exact) mass is 291 g/mol. The van der Waals surface area contributed by atoms with Gasteiger partial charge in [-0.3, -0.25) is 0 Å². The van der Waals surface area contributed by atoms with E-state index in [1.165, 1.54) is 11.3 Å². The molecule has 1 aromatic carbocycles. The smallest absolute Gasteiger partial charge is 0.407 e. The van der Waals surface area contributed by atoms with Crippen molar-refractivity contribution in [3.63, 3.8) is 0 Å². The SMILES string of the molecule is CCOC(=O)NCc1ccc(C(O)c2ccccc2)s1. The van der Waals surface area contributed by atoms with E-state index in [0.29, 0.717) is 13.2 Å². The van der Waals surface area contributed by atoms with Gasteiger partial charge in [-0.05, 0) is 24.6 Å². The fourth-order valence-electron chi connectivity index (χ4n) is 1.78. The highest BCUT2D eigenvalue weighted by molar-refractivity contribution is 7.12. The van der Waals surface area contributed by atoms with Crippen molar-refractivity contribution in [3.8, 4) is 0 Å². The van der Waals surface area contributed by atoms with Crippen molar-refractivity contribution in [1.82, 2.24) is 5.32 Å². The largest absolute Gasteiger partial charge is 0.450 e. The minimum Gasteiger partial charge on any atom is -0.450 e. The van der Waals surface area contributed by atoms with E-state index in [0.717, 1.165) is 15.3 Å². The minimum atomic E-state index is -0.627. The quantitative estimate of drug-likeness (QED) is 0.890. The molecule has 1 amide bonds. The molecule has 5 heteroatoms. The Labute approximate surface area is 122 Å². The predicted octanol–water partition coefficient (Wildman–Crippen LogP) is 3.08. The molecule has 2 rings (SSSR count). The van der Waals surface area contributed by atoms with E-state index in [2.05, 4.69) is 5.32 Å². The van der Waals surface area contributed by atoms with Crippen molar-refractivity contribution in [2.24, 2.45) is 0 Å². The lowest BCUT2D eigenvalue weighted by molar-refractivity contribution is 0.152. The van der Waals surface area contributed by atoms with Crippen LogP contribution in [-0.4, -0.2) is 17.8 Å². The third kappa shape index (κ3) is 3.82. The first-order chi connectivity index (χ1) is 9.70. The summed E-state index contributed by atoms with van der Waals surface area (Å²) in [5.74, 6) is 0. The Bertz CT molecular complexity index is 553. The lowest BCUT2D eigenvalue weighted by Gasteiger charge is -2.08. The summed E-state index contributed by atoms with van der Waals surface area (Å²) in [4.78, 5) is 13.0. The molecule has 0 bridgehead atoms. The second-order valence-electron chi connectivity index (χ2n) is 4.19. The van der Waals surface area contributed by atoms with E-state index >= 15 is 0 Å². The van der Waals surface area contributed by atoms with Crippen LogP contribution in [0, 0.1) is 0 Å². The molecule has 0 aliphatic rings. The third-order valence-corrected chi connectivity index (χ3v) is 3.89. The van der Waals surface area contributed by atoms with Crippen LogP contribution >= 0.6 is 11.3 Å². The summed E-state index contributed by atoms with van der Waals surface area (Å²) >= 11 is 1.48. The summed E-state index contributed by atoms with van der Waals surface area (Å²) in [5.41, 5.74) is 0.860. The molecule has 20 heavy (non-hydrogen) atoms. The zero-order valence-corrected chi connectivity index (χ0v) is 12.0. The molecule has 0 saturated carbocycles. The summed E-state index contributed by atoms with van der Waals surface area (Å²) in [7, 11) is 0. The Morgan fingerprint density at radius 1 is 1.30 bits per heavy atom. The molecular weight excluding hydrogens is 274 g/mol. The number of nitrogens with one attached hydrogen (secondary N) is 1. The minimum absolute atomic E-state index is 0.355. The Kier molecular flexibility index (Phi) is 5.15. The highest BCUT2D eigenvalue weighted by Crippen LogP contribution is 2.28. The van der Waals surface area contributed by atoms with E-state index in [-0.39, 0.29) is 0 Å². The van der Waals surface area contributed by atoms with Crippen molar-refractivity contribution in [2.45, 2.75) is 19.6 Å². The van der Waals surface area contributed by atoms with Crippen LogP contribution in [0.25, 0.3) is 0 Å². The van der Waals surface area contributed by atoms with Gasteiger partial charge in [-0.25, -0.2) is 4.79 Å². The number of thiophene rings is 1. The van der Waals surface area contributed by atoms with Crippen LogP contribution in [0.5, 0.6) is 0 Å². The third-order valence-electron chi connectivity index (χ3n) is 2.75. The Morgan fingerprint density at radius 2 is 2.05 bits per heavy atom. The second-order valence-corrected chi connectivity index (χ2v) is 5.39. The molecule has 2 N–H and O–H groups in total. The van der Waals surface area contributed by atoms with E-state index in [4.69, 9.17) is 4.74 Å². The first kappa shape index (κ1) is 14.6. The topological polar surface area (TPSA) is 58.6 Å². The van der Waals surface area contributed by atoms with Gasteiger partial charge < -0.3 is 15.2 Å². The fraction of sp³-hybridized carbons (Fsp3) is 0.267. The zero-order valence-electron chi connectivity index (χ0n) is 11.2. The Balaban J connectivity index is 1.97. The first-order valence-electron chi connectivity index (χ1n) is 6.43. The van der Waals surface area contributed by atoms with Crippen molar-refractivity contribution in [3.05, 3.63) is 57.8 Å². The fourth-order valence-corrected chi connectivity index (χ4v) is 2.74. The summed E-state index contributed by atoms with van der Waals surface area (Å²) in [6.07, 6.45) is -1.05. The molecule has 1 aromatic heterocycles. The number of rotatable bonds is 5. The molecule has 0 aliphatic heterocycles. The molecule has 0 fully saturated rings. The summed E-state index contributed by atoms with van der Waals surface area (Å²) in [6.45, 7) is 2.53. The van der Waals surface area contributed by atoms with Gasteiger partial charge in [0.25, 0.3) is 0 Å². The normalized spacial score (nSPS) is 11.9. The Hall–Kier alpha value is -1.85. The van der Waals surface area contributed by atoms with E-state index in [9.17, 15) is 9.90 Å². The van der Waals surface area contributed by atoms with E-state index in [1.807, 2.05) is 42.5 Å². The maximum atomic E-state index is 11.2. The number of carbonyl (C=O) groups excluding carboxylic acids is 1. The Morgan fingerprint density at radius 3 is 2.75 bits per heavy atom. The number of carbonyl (C=O) groups is 1. The van der Waals surface area contributed by atoms with Gasteiger partial charge >= 0.3 is 6.09 Å². The number of amides is 1. The van der Waals surface area contributed by atoms with Gasteiger partial charge in [-0.2, -0.15) is 0 Å². The van der Waals surface area contributed by atoms with Gasteiger partial charge in [0, 0.05) is 9.75 Å². The van der Waals surface area contributed by atoms with Crippen LogP contribution in [0.1, 0.15) is 28.3 Å². The van der Waals surface area contributed by atoms with E-state index < -0.39 is 12.2 Å². The molecule has 1 atom stereocenters. The lowest BCUT2D eigenvalue weighted by Crippen LogP contribution is -2.23. The van der Waals surface area contributed by atoms with Crippen LogP contribution < -0.4 is 5.32 Å². The zero-order chi connectivity index (χ0) is 14.4. The maximum absolute atomic E-state index is 11.2. The molecule has 106 valence electrons. The van der Waals surface area contributed by atoms with Crippen LogP contribution in [0.2, 0.25) is 0 Å². The summed E-state index contributed by atoms with van der Waals surface area (Å²) in [5, 5.41) is 12.9. The van der Waals surface area contributed by atoms with Crippen LogP contribution in [0.3, 0.4) is 0 Å². The molecule has 0 saturated heterocycles. The number of aliphatic hydroxyl groups is 1. The number of aliphatic hydroxyl groups excluding tert-OH is 1. The number of benzene rings is 1. The van der Waals surface area contributed by atoms with Crippen LogP contribution in [0.4, 0.5) is 4.79 Å². The van der Waals surface area contributed by atoms with Crippen LogP contribution in [-0.2, 0) is 11.3 Å². The molecule has 2 aromatic rings. The van der Waals surface area contributed by atoms with Gasteiger partial charge in [0.1, 0.15) is 6.10 Å². The van der Waals surface area contributed by atoms with Crippen molar-refractivity contribution < 1.29 is 14.6 Å². The standard InChI is InChI=1S/C15H17NO3S/c1-2-19-15(18)16-10-12-8-9-13(20-12)14(17)11-6-4-3-5-7-11/h3-9,14,17H,2,10H2,1H3,(H,16,18). The van der Waals surface area contributed by atoms with Crippen molar-refractivity contribution >= 4 is 17.4 Å². The molecular formula is C15H17NO3S. The summed E-state index contributed by atoms with van der Waals surface area (Å²) < 4.78 is 4.79. The van der Waals surface area contributed by atoms with Gasteiger partial charge in [-0.15, -0.1) is 11.3 Å². The second kappa shape index (κ2) is 7.07. The van der Waals surface area contributed by atoms with E-state index in [1.54, 1.807) is 6.92 Å². The number of alkyl carbamates (subject to hydrolysis) is 1. The maximum Gasteiger partial charge on any atom is 0.407 e. The first-order valence-corrected chi connectivity index (χ1v) is 7.24. The van der Waals surface area contributed by atoms with Gasteiger partial charge in [0.15, 0.2) is 0 Å². The average Bonchev–Trinajstić information content (AvgIpc) is 2.94. The lowest BCUT2D eigenvalue weighted by atomic mass is 10.1. The predicted molar refractivity (Wildman–Crippen MR) is 78.7 cm³/mol. The van der Waals surface area contributed by atoms with Crippen molar-refractivity contribution in [1.29, 1.82) is 0 Å². The average molecular weight is 291 g/mol. The molecule has 0 spiro atoms. The molecule has 0 aliphatic carbocycles. The van der Waals surface area contributed by atoms with Gasteiger partial charge in [0.2, 0.25) is 0 Å². The number of hydrogen-bond donors (Lipinski definition) is 2. The highest BCUT2D eigenvalue weighted by Gasteiger charge is 2.13. The highest BCUT2D eigenvalue weighted by atomic mass is 32.1. The summed E-state index contributed by atoms with van der Waals surface area (Å²) in [6, 6.07) is 13.3. The molecule has 0 radical (unpaired) electrons.